The summed E-state index contributed by atoms with van der Waals surface area (Å²) in [6.07, 6.45) is 5.54. The van der Waals surface area contributed by atoms with Crippen LogP contribution < -0.4 is 5.32 Å². The molecule has 19 heavy (non-hydrogen) atoms. The summed E-state index contributed by atoms with van der Waals surface area (Å²) in [5.74, 6) is 1.08. The molecule has 2 heterocycles. The molecule has 0 aliphatic carbocycles. The van der Waals surface area contributed by atoms with Gasteiger partial charge in [-0.25, -0.2) is 4.98 Å². The predicted molar refractivity (Wildman–Crippen MR) is 76.2 cm³/mol. The average Bonchev–Trinajstić information content (AvgIpc) is 2.91. The van der Waals surface area contributed by atoms with Crippen molar-refractivity contribution in [1.82, 2.24) is 24.6 Å². The molecule has 0 aromatic carbocycles. The van der Waals surface area contributed by atoms with Crippen molar-refractivity contribution in [2.75, 3.05) is 6.54 Å². The van der Waals surface area contributed by atoms with Gasteiger partial charge in [0.15, 0.2) is 0 Å². The minimum Gasteiger partial charge on any atom is -0.338 e. The van der Waals surface area contributed by atoms with Crippen LogP contribution >= 0.6 is 11.6 Å². The molecule has 0 bridgehead atoms. The summed E-state index contributed by atoms with van der Waals surface area (Å²) in [7, 11) is 3.94. The highest BCUT2D eigenvalue weighted by Crippen LogP contribution is 2.20. The molecule has 0 saturated carbocycles. The summed E-state index contributed by atoms with van der Waals surface area (Å²) in [5, 5.41) is 8.57. The summed E-state index contributed by atoms with van der Waals surface area (Å²) < 4.78 is 3.89. The predicted octanol–water partition coefficient (Wildman–Crippen LogP) is 1.70. The van der Waals surface area contributed by atoms with Gasteiger partial charge >= 0.3 is 0 Å². The van der Waals surface area contributed by atoms with Crippen molar-refractivity contribution in [2.24, 2.45) is 14.1 Å². The minimum atomic E-state index is 0.729. The zero-order valence-corrected chi connectivity index (χ0v) is 12.4. The van der Waals surface area contributed by atoms with Crippen LogP contribution in [0, 0.1) is 0 Å². The van der Waals surface area contributed by atoms with Crippen LogP contribution in [0.3, 0.4) is 0 Å². The van der Waals surface area contributed by atoms with E-state index in [-0.39, 0.29) is 0 Å². The molecule has 2 aromatic rings. The molecular formula is C13H20ClN5. The molecule has 0 aliphatic rings. The van der Waals surface area contributed by atoms with Crippen molar-refractivity contribution < 1.29 is 0 Å². The van der Waals surface area contributed by atoms with E-state index in [0.29, 0.717) is 0 Å². The molecule has 0 radical (unpaired) electrons. The van der Waals surface area contributed by atoms with E-state index in [1.807, 2.05) is 35.7 Å². The highest BCUT2D eigenvalue weighted by molar-refractivity contribution is 6.31. The zero-order chi connectivity index (χ0) is 13.8. The Bertz CT molecular complexity index is 543. The smallest absolute Gasteiger partial charge is 0.109 e. The number of rotatable bonds is 6. The Morgan fingerprint density at radius 2 is 2.16 bits per heavy atom. The molecular weight excluding hydrogens is 262 g/mol. The average molecular weight is 282 g/mol. The van der Waals surface area contributed by atoms with Crippen LogP contribution in [0.25, 0.3) is 0 Å². The number of nitrogens with zero attached hydrogens (tertiary/aromatic N) is 4. The van der Waals surface area contributed by atoms with Crippen molar-refractivity contribution in [2.45, 2.75) is 26.3 Å². The lowest BCUT2D eigenvalue weighted by Gasteiger charge is -2.06. The number of hydrogen-bond acceptors (Lipinski definition) is 3. The van der Waals surface area contributed by atoms with Crippen molar-refractivity contribution in [1.29, 1.82) is 0 Å². The number of nitrogens with one attached hydrogen (secondary N) is 1. The molecule has 5 nitrogen and oxygen atoms in total. The maximum absolute atomic E-state index is 6.29. The Balaban J connectivity index is 1.86. The van der Waals surface area contributed by atoms with Gasteiger partial charge in [0, 0.05) is 46.0 Å². The van der Waals surface area contributed by atoms with Crippen LogP contribution in [-0.2, 0) is 33.5 Å². The molecule has 0 unspecified atom stereocenters. The maximum Gasteiger partial charge on any atom is 0.109 e. The molecule has 2 aromatic heterocycles. The topological polar surface area (TPSA) is 47.7 Å². The second-order valence-corrected chi connectivity index (χ2v) is 4.94. The quantitative estimate of drug-likeness (QED) is 0.820. The van der Waals surface area contributed by atoms with Crippen molar-refractivity contribution in [3.8, 4) is 0 Å². The van der Waals surface area contributed by atoms with Crippen LogP contribution in [0.5, 0.6) is 0 Å². The van der Waals surface area contributed by atoms with Crippen molar-refractivity contribution >= 4 is 11.6 Å². The van der Waals surface area contributed by atoms with E-state index in [9.17, 15) is 0 Å². The van der Waals surface area contributed by atoms with Crippen LogP contribution in [0.15, 0.2) is 12.4 Å². The Morgan fingerprint density at radius 1 is 1.37 bits per heavy atom. The van der Waals surface area contributed by atoms with Gasteiger partial charge in [0.25, 0.3) is 0 Å². The normalized spacial score (nSPS) is 11.2. The lowest BCUT2D eigenvalue weighted by atomic mass is 10.3. The first-order chi connectivity index (χ1) is 9.13. The fraction of sp³-hybridized carbons (Fsp3) is 0.538. The molecule has 0 saturated heterocycles. The lowest BCUT2D eigenvalue weighted by Crippen LogP contribution is -2.20. The molecule has 6 heteroatoms. The van der Waals surface area contributed by atoms with Crippen LogP contribution in [0.1, 0.15) is 24.1 Å². The van der Waals surface area contributed by atoms with Gasteiger partial charge in [-0.2, -0.15) is 5.10 Å². The first-order valence-corrected chi connectivity index (χ1v) is 6.88. The third-order valence-corrected chi connectivity index (χ3v) is 3.68. The highest BCUT2D eigenvalue weighted by atomic mass is 35.5. The summed E-state index contributed by atoms with van der Waals surface area (Å²) >= 11 is 6.29. The highest BCUT2D eigenvalue weighted by Gasteiger charge is 2.12. The van der Waals surface area contributed by atoms with Crippen LogP contribution in [0.2, 0.25) is 5.02 Å². The Morgan fingerprint density at radius 3 is 2.74 bits per heavy atom. The van der Waals surface area contributed by atoms with Crippen molar-refractivity contribution in [3.63, 3.8) is 0 Å². The van der Waals surface area contributed by atoms with Gasteiger partial charge in [0.2, 0.25) is 0 Å². The molecule has 0 aliphatic heterocycles. The first-order valence-electron chi connectivity index (χ1n) is 6.50. The van der Waals surface area contributed by atoms with Gasteiger partial charge in [-0.3, -0.25) is 4.68 Å². The van der Waals surface area contributed by atoms with E-state index < -0.39 is 0 Å². The molecule has 0 atom stereocenters. The van der Waals surface area contributed by atoms with Gasteiger partial charge < -0.3 is 9.88 Å². The third kappa shape index (κ3) is 3.16. The lowest BCUT2D eigenvalue weighted by molar-refractivity contribution is 0.610. The van der Waals surface area contributed by atoms with E-state index in [1.54, 1.807) is 0 Å². The SMILES string of the molecule is CCc1nn(C)c(CNCCc2nccn2C)c1Cl. The Labute approximate surface area is 118 Å². The molecule has 0 amide bonds. The number of hydrogen-bond donors (Lipinski definition) is 1. The van der Waals surface area contributed by atoms with E-state index in [0.717, 1.165) is 48.2 Å². The standard InChI is InChI=1S/C13H20ClN5/c1-4-10-13(14)11(19(3)17-10)9-15-6-5-12-16-7-8-18(12)2/h7-8,15H,4-6,9H2,1-3H3. The van der Waals surface area contributed by atoms with Gasteiger partial charge in [0.05, 0.1) is 16.4 Å². The van der Waals surface area contributed by atoms with Gasteiger partial charge in [-0.15, -0.1) is 0 Å². The van der Waals surface area contributed by atoms with Gasteiger partial charge in [0.1, 0.15) is 5.82 Å². The van der Waals surface area contributed by atoms with Gasteiger partial charge in [-0.05, 0) is 6.42 Å². The third-order valence-electron chi connectivity index (χ3n) is 3.24. The number of imidazole rings is 1. The van der Waals surface area contributed by atoms with Gasteiger partial charge in [-0.1, -0.05) is 18.5 Å². The molecule has 104 valence electrons. The minimum absolute atomic E-state index is 0.729. The fourth-order valence-electron chi connectivity index (χ4n) is 2.06. The molecule has 0 spiro atoms. The Kier molecular flexibility index (Phi) is 4.61. The van der Waals surface area contributed by atoms with E-state index in [4.69, 9.17) is 11.6 Å². The second kappa shape index (κ2) is 6.21. The maximum atomic E-state index is 6.29. The zero-order valence-electron chi connectivity index (χ0n) is 11.6. The largest absolute Gasteiger partial charge is 0.338 e. The number of halogens is 1. The summed E-state index contributed by atoms with van der Waals surface area (Å²) in [4.78, 5) is 4.29. The molecule has 0 fully saturated rings. The van der Waals surface area contributed by atoms with Crippen molar-refractivity contribution in [3.05, 3.63) is 34.6 Å². The number of aryl methyl sites for hydroxylation is 3. The molecule has 2 rings (SSSR count). The number of aromatic nitrogens is 4. The fourth-order valence-corrected chi connectivity index (χ4v) is 2.42. The monoisotopic (exact) mass is 281 g/mol. The Hall–Kier alpha value is -1.33. The van der Waals surface area contributed by atoms with Crippen LogP contribution in [-0.4, -0.2) is 25.9 Å². The summed E-state index contributed by atoms with van der Waals surface area (Å²) in [6.45, 7) is 3.66. The van der Waals surface area contributed by atoms with E-state index in [2.05, 4.69) is 22.3 Å². The second-order valence-electron chi connectivity index (χ2n) is 4.57. The van der Waals surface area contributed by atoms with E-state index >= 15 is 0 Å². The van der Waals surface area contributed by atoms with Crippen LogP contribution in [0.4, 0.5) is 0 Å². The summed E-state index contributed by atoms with van der Waals surface area (Å²) in [6, 6.07) is 0. The molecule has 1 N–H and O–H groups in total. The first kappa shape index (κ1) is 14.1. The summed E-state index contributed by atoms with van der Waals surface area (Å²) in [5.41, 5.74) is 2.00. The van der Waals surface area contributed by atoms with E-state index in [1.165, 1.54) is 0 Å².